The van der Waals surface area contributed by atoms with E-state index < -0.39 is 10.0 Å². The van der Waals surface area contributed by atoms with E-state index in [9.17, 15) is 8.42 Å². The smallest absolute Gasteiger partial charge is 0.257 e. The molecule has 0 radical (unpaired) electrons. The molecule has 7 heteroatoms. The Hall–Kier alpha value is -0.660. The van der Waals surface area contributed by atoms with Crippen molar-refractivity contribution in [2.75, 3.05) is 6.54 Å². The lowest BCUT2D eigenvalue weighted by molar-refractivity contribution is 0.582. The van der Waals surface area contributed by atoms with Crippen LogP contribution in [0.2, 0.25) is 0 Å². The van der Waals surface area contributed by atoms with Gasteiger partial charge in [-0.3, -0.25) is 0 Å². The van der Waals surface area contributed by atoms with Gasteiger partial charge in [-0.1, -0.05) is 22.5 Å². The Balaban J connectivity index is 2.81. The van der Waals surface area contributed by atoms with Crippen LogP contribution in [0.4, 0.5) is 0 Å². The Morgan fingerprint density at radius 2 is 2.43 bits per heavy atom. The molecule has 0 saturated heterocycles. The number of aromatic nitrogens is 2. The summed E-state index contributed by atoms with van der Waals surface area (Å²) in [6, 6.07) is 0. The number of nitrogens with one attached hydrogen (secondary N) is 2. The number of aromatic amines is 1. The second kappa shape index (κ2) is 4.24. The van der Waals surface area contributed by atoms with Crippen LogP contribution < -0.4 is 4.72 Å². The van der Waals surface area contributed by atoms with E-state index >= 15 is 0 Å². The predicted molar refractivity (Wildman–Crippen MR) is 56.6 cm³/mol. The van der Waals surface area contributed by atoms with Crippen molar-refractivity contribution in [2.24, 2.45) is 0 Å². The number of hydrogen-bond acceptors (Lipinski definition) is 3. The molecule has 78 valence electrons. The highest BCUT2D eigenvalue weighted by atomic mass is 79.9. The van der Waals surface area contributed by atoms with E-state index in [1.54, 1.807) is 6.92 Å². The number of H-pyrrole nitrogens is 1. The van der Waals surface area contributed by atoms with Gasteiger partial charge < -0.3 is 4.98 Å². The normalized spacial score (nSPS) is 11.6. The molecule has 0 aliphatic carbocycles. The number of halogens is 1. The zero-order valence-electron chi connectivity index (χ0n) is 7.54. The molecule has 1 aromatic heterocycles. The summed E-state index contributed by atoms with van der Waals surface area (Å²) >= 11 is 3.06. The van der Waals surface area contributed by atoms with Gasteiger partial charge in [0.1, 0.15) is 5.82 Å². The predicted octanol–water partition coefficient (Wildman–Crippen LogP) is 0.905. The zero-order chi connectivity index (χ0) is 10.8. The maximum Gasteiger partial charge on any atom is 0.257 e. The average Bonchev–Trinajstić information content (AvgIpc) is 2.49. The Labute approximate surface area is 90.8 Å². The van der Waals surface area contributed by atoms with Crippen LogP contribution in [0.3, 0.4) is 0 Å². The second-order valence-corrected chi connectivity index (χ2v) is 5.53. The first kappa shape index (κ1) is 11.4. The van der Waals surface area contributed by atoms with Crippen molar-refractivity contribution in [1.82, 2.24) is 14.7 Å². The third kappa shape index (κ3) is 2.93. The van der Waals surface area contributed by atoms with Crippen LogP contribution in [0.1, 0.15) is 5.82 Å². The third-order valence-corrected chi connectivity index (χ3v) is 3.01. The molecule has 0 aliphatic rings. The highest BCUT2D eigenvalue weighted by Crippen LogP contribution is 2.06. The van der Waals surface area contributed by atoms with Crippen molar-refractivity contribution in [2.45, 2.75) is 11.9 Å². The molecule has 1 heterocycles. The van der Waals surface area contributed by atoms with Crippen molar-refractivity contribution < 1.29 is 8.42 Å². The van der Waals surface area contributed by atoms with Gasteiger partial charge in [-0.25, -0.2) is 18.1 Å². The summed E-state index contributed by atoms with van der Waals surface area (Å²) in [7, 11) is -3.49. The van der Waals surface area contributed by atoms with Crippen LogP contribution in [0.25, 0.3) is 0 Å². The first-order valence-electron chi connectivity index (χ1n) is 3.76. The third-order valence-electron chi connectivity index (χ3n) is 1.42. The Kier molecular flexibility index (Phi) is 3.46. The van der Waals surface area contributed by atoms with Crippen molar-refractivity contribution in [3.05, 3.63) is 23.1 Å². The van der Waals surface area contributed by atoms with Crippen LogP contribution in [0, 0.1) is 6.92 Å². The molecule has 0 amide bonds. The standard InChI is InChI=1S/C7H10BrN3O2S/c1-5(8)3-10-14(12,13)7-4-9-6(2)11-7/h4,10H,1,3H2,2H3,(H,9,11). The number of rotatable bonds is 4. The van der Waals surface area contributed by atoms with Crippen LogP contribution >= 0.6 is 15.9 Å². The van der Waals surface area contributed by atoms with E-state index in [2.05, 4.69) is 37.2 Å². The zero-order valence-corrected chi connectivity index (χ0v) is 9.94. The van der Waals surface area contributed by atoms with Crippen molar-refractivity contribution in [1.29, 1.82) is 0 Å². The monoisotopic (exact) mass is 279 g/mol. The number of imidazole rings is 1. The van der Waals surface area contributed by atoms with Gasteiger partial charge in [0, 0.05) is 11.0 Å². The molecule has 0 atom stereocenters. The molecule has 0 bridgehead atoms. The minimum absolute atomic E-state index is 0.0590. The van der Waals surface area contributed by atoms with E-state index in [0.717, 1.165) is 0 Å². The van der Waals surface area contributed by atoms with Gasteiger partial charge in [-0.15, -0.1) is 0 Å². The fraction of sp³-hybridized carbons (Fsp3) is 0.286. The Morgan fingerprint density at radius 3 is 2.86 bits per heavy atom. The number of hydrogen-bond donors (Lipinski definition) is 2. The highest BCUT2D eigenvalue weighted by Gasteiger charge is 2.15. The molecule has 2 N–H and O–H groups in total. The topological polar surface area (TPSA) is 74.8 Å². The summed E-state index contributed by atoms with van der Waals surface area (Å²) in [5, 5.41) is 0.0590. The van der Waals surface area contributed by atoms with Gasteiger partial charge in [0.2, 0.25) is 0 Å². The summed E-state index contributed by atoms with van der Waals surface area (Å²) in [6.07, 6.45) is 1.27. The maximum atomic E-state index is 11.5. The molecular formula is C7H10BrN3O2S. The van der Waals surface area contributed by atoms with E-state index in [0.29, 0.717) is 10.3 Å². The molecule has 0 saturated carbocycles. The Morgan fingerprint density at radius 1 is 1.79 bits per heavy atom. The highest BCUT2D eigenvalue weighted by molar-refractivity contribution is 9.11. The number of sulfonamides is 1. The average molecular weight is 280 g/mol. The minimum atomic E-state index is -3.49. The lowest BCUT2D eigenvalue weighted by Crippen LogP contribution is -2.25. The molecule has 1 rings (SSSR count). The molecule has 1 aromatic rings. The number of aryl methyl sites for hydroxylation is 1. The van der Waals surface area contributed by atoms with Crippen molar-refractivity contribution in [3.8, 4) is 0 Å². The van der Waals surface area contributed by atoms with Crippen molar-refractivity contribution >= 4 is 26.0 Å². The molecule has 0 spiro atoms. The molecular weight excluding hydrogens is 270 g/mol. The van der Waals surface area contributed by atoms with Crippen LogP contribution in [-0.2, 0) is 10.0 Å². The van der Waals surface area contributed by atoms with Gasteiger partial charge in [0.25, 0.3) is 10.0 Å². The van der Waals surface area contributed by atoms with Gasteiger partial charge in [0.05, 0.1) is 6.20 Å². The molecule has 14 heavy (non-hydrogen) atoms. The van der Waals surface area contributed by atoms with Crippen LogP contribution in [0.5, 0.6) is 0 Å². The van der Waals surface area contributed by atoms with Gasteiger partial charge in [-0.2, -0.15) is 0 Å². The van der Waals surface area contributed by atoms with E-state index in [-0.39, 0.29) is 11.6 Å². The van der Waals surface area contributed by atoms with E-state index in [1.165, 1.54) is 6.20 Å². The van der Waals surface area contributed by atoms with E-state index in [4.69, 9.17) is 0 Å². The van der Waals surface area contributed by atoms with Gasteiger partial charge in [0.15, 0.2) is 5.03 Å². The molecule has 0 unspecified atom stereocenters. The molecule has 0 aliphatic heterocycles. The summed E-state index contributed by atoms with van der Waals surface area (Å²) in [6.45, 7) is 5.36. The first-order valence-corrected chi connectivity index (χ1v) is 6.04. The van der Waals surface area contributed by atoms with Gasteiger partial charge in [-0.05, 0) is 6.92 Å². The van der Waals surface area contributed by atoms with Crippen LogP contribution in [0.15, 0.2) is 22.3 Å². The Bertz CT molecular complexity index is 438. The largest absolute Gasteiger partial charge is 0.332 e. The fourth-order valence-electron chi connectivity index (χ4n) is 0.786. The summed E-state index contributed by atoms with van der Waals surface area (Å²) in [4.78, 5) is 6.43. The SMILES string of the molecule is C=C(Br)CNS(=O)(=O)c1cnc(C)[nH]1. The minimum Gasteiger partial charge on any atom is -0.332 e. The number of nitrogens with zero attached hydrogens (tertiary/aromatic N) is 1. The van der Waals surface area contributed by atoms with Crippen LogP contribution in [-0.4, -0.2) is 24.9 Å². The molecule has 0 fully saturated rings. The first-order chi connectivity index (χ1) is 6.42. The quantitative estimate of drug-likeness (QED) is 0.860. The fourth-order valence-corrected chi connectivity index (χ4v) is 2.10. The molecule has 5 nitrogen and oxygen atoms in total. The second-order valence-electron chi connectivity index (χ2n) is 2.67. The van der Waals surface area contributed by atoms with E-state index in [1.807, 2.05) is 0 Å². The lowest BCUT2D eigenvalue weighted by atomic mass is 10.7. The maximum absolute atomic E-state index is 11.5. The van der Waals surface area contributed by atoms with Crippen molar-refractivity contribution in [3.63, 3.8) is 0 Å². The molecule has 0 aromatic carbocycles. The summed E-state index contributed by atoms with van der Waals surface area (Å²) in [5.41, 5.74) is 0. The summed E-state index contributed by atoms with van der Waals surface area (Å²) < 4.78 is 25.9. The summed E-state index contributed by atoms with van der Waals surface area (Å²) in [5.74, 6) is 0.558. The lowest BCUT2D eigenvalue weighted by Gasteiger charge is -2.02. The van der Waals surface area contributed by atoms with Gasteiger partial charge >= 0.3 is 0 Å².